The van der Waals surface area contributed by atoms with E-state index < -0.39 is 18.1 Å². The number of halogens is 3. The van der Waals surface area contributed by atoms with Gasteiger partial charge < -0.3 is 10.4 Å². The third kappa shape index (κ3) is 3.16. The topological polar surface area (TPSA) is 79.3 Å². The van der Waals surface area contributed by atoms with Gasteiger partial charge in [-0.2, -0.15) is 13.2 Å². The van der Waals surface area contributed by atoms with Crippen molar-refractivity contribution in [1.29, 1.82) is 0 Å². The minimum Gasteiger partial charge on any atom is -0.478 e. The van der Waals surface area contributed by atoms with Crippen LogP contribution in [0, 0.1) is 6.92 Å². The average molecular weight is 248 g/mol. The smallest absolute Gasteiger partial charge is 0.471 e. The fourth-order valence-electron chi connectivity index (χ4n) is 1.00. The van der Waals surface area contributed by atoms with Crippen molar-refractivity contribution in [2.45, 2.75) is 13.1 Å². The van der Waals surface area contributed by atoms with Crippen molar-refractivity contribution in [2.24, 2.45) is 0 Å². The lowest BCUT2D eigenvalue weighted by Crippen LogP contribution is -2.30. The quantitative estimate of drug-likeness (QED) is 0.832. The molecule has 1 aromatic rings. The van der Waals surface area contributed by atoms with Crippen molar-refractivity contribution in [3.8, 4) is 0 Å². The number of carbonyl (C=O) groups excluding carboxylic acids is 1. The van der Waals surface area contributed by atoms with Crippen LogP contribution in [0.15, 0.2) is 12.3 Å². The molecule has 0 atom stereocenters. The number of nitrogens with one attached hydrogen (secondary N) is 1. The van der Waals surface area contributed by atoms with Crippen molar-refractivity contribution in [1.82, 2.24) is 4.98 Å². The number of pyridine rings is 1. The van der Waals surface area contributed by atoms with Crippen LogP contribution in [-0.2, 0) is 4.79 Å². The Hall–Kier alpha value is -2.12. The Morgan fingerprint density at radius 3 is 2.41 bits per heavy atom. The van der Waals surface area contributed by atoms with E-state index in [2.05, 4.69) is 4.98 Å². The Bertz CT molecular complexity index is 471. The largest absolute Gasteiger partial charge is 0.478 e. The minimum absolute atomic E-state index is 0.127. The highest BCUT2D eigenvalue weighted by Gasteiger charge is 2.39. The molecule has 0 fully saturated rings. The summed E-state index contributed by atoms with van der Waals surface area (Å²) < 4.78 is 35.8. The fraction of sp³-hybridized carbons (Fsp3) is 0.222. The van der Waals surface area contributed by atoms with E-state index in [0.29, 0.717) is 0 Å². The van der Waals surface area contributed by atoms with Crippen LogP contribution in [0.1, 0.15) is 15.9 Å². The maximum atomic E-state index is 11.9. The van der Waals surface area contributed by atoms with Gasteiger partial charge in [0.25, 0.3) is 0 Å². The van der Waals surface area contributed by atoms with Gasteiger partial charge in [0.05, 0.1) is 5.56 Å². The SMILES string of the molecule is Cc1cc(C(=O)O)cnc1NC(=O)C(F)(F)F. The van der Waals surface area contributed by atoms with Gasteiger partial charge in [-0.3, -0.25) is 4.79 Å². The summed E-state index contributed by atoms with van der Waals surface area (Å²) in [7, 11) is 0. The van der Waals surface area contributed by atoms with Crippen molar-refractivity contribution >= 4 is 17.7 Å². The lowest BCUT2D eigenvalue weighted by molar-refractivity contribution is -0.167. The second kappa shape index (κ2) is 4.40. The summed E-state index contributed by atoms with van der Waals surface area (Å²) >= 11 is 0. The summed E-state index contributed by atoms with van der Waals surface area (Å²) in [5.74, 6) is -3.73. The van der Waals surface area contributed by atoms with Crippen molar-refractivity contribution in [2.75, 3.05) is 5.32 Å². The number of alkyl halides is 3. The first-order valence-corrected chi connectivity index (χ1v) is 4.30. The van der Waals surface area contributed by atoms with Gasteiger partial charge in [-0.05, 0) is 18.6 Å². The summed E-state index contributed by atoms with van der Waals surface area (Å²) in [4.78, 5) is 24.6. The van der Waals surface area contributed by atoms with Crippen LogP contribution in [0.2, 0.25) is 0 Å². The molecule has 0 aliphatic heterocycles. The third-order valence-corrected chi connectivity index (χ3v) is 1.81. The van der Waals surface area contributed by atoms with Gasteiger partial charge in [0, 0.05) is 6.20 Å². The number of aromatic carboxylic acids is 1. The van der Waals surface area contributed by atoms with E-state index in [1.54, 1.807) is 5.32 Å². The van der Waals surface area contributed by atoms with Gasteiger partial charge in [0.1, 0.15) is 5.82 Å². The van der Waals surface area contributed by atoms with Crippen molar-refractivity contribution in [3.05, 3.63) is 23.4 Å². The Morgan fingerprint density at radius 1 is 1.41 bits per heavy atom. The molecule has 1 amide bonds. The van der Waals surface area contributed by atoms with Gasteiger partial charge in [0.2, 0.25) is 0 Å². The van der Waals surface area contributed by atoms with Crippen LogP contribution in [0.4, 0.5) is 19.0 Å². The molecule has 1 rings (SSSR count). The van der Waals surface area contributed by atoms with Crippen LogP contribution in [0.3, 0.4) is 0 Å². The number of carboxylic acids is 1. The molecule has 5 nitrogen and oxygen atoms in total. The van der Waals surface area contributed by atoms with Gasteiger partial charge in [-0.25, -0.2) is 9.78 Å². The molecular formula is C9H7F3N2O3. The predicted octanol–water partition coefficient (Wildman–Crippen LogP) is 1.59. The summed E-state index contributed by atoms with van der Waals surface area (Å²) in [6.45, 7) is 1.34. The van der Waals surface area contributed by atoms with E-state index >= 15 is 0 Å². The molecule has 1 heterocycles. The molecule has 1 aromatic heterocycles. The van der Waals surface area contributed by atoms with Crippen LogP contribution in [0.25, 0.3) is 0 Å². The highest BCUT2D eigenvalue weighted by Crippen LogP contribution is 2.19. The molecule has 0 bridgehead atoms. The number of anilines is 1. The number of aryl methyl sites for hydroxylation is 1. The molecule has 17 heavy (non-hydrogen) atoms. The van der Waals surface area contributed by atoms with E-state index in [1.165, 1.54) is 6.92 Å². The normalized spacial score (nSPS) is 11.1. The maximum absolute atomic E-state index is 11.9. The number of hydrogen-bond donors (Lipinski definition) is 2. The van der Waals surface area contributed by atoms with E-state index in [-0.39, 0.29) is 16.9 Å². The monoisotopic (exact) mass is 248 g/mol. The molecule has 8 heteroatoms. The van der Waals surface area contributed by atoms with E-state index in [1.807, 2.05) is 0 Å². The van der Waals surface area contributed by atoms with E-state index in [9.17, 15) is 22.8 Å². The Kier molecular flexibility index (Phi) is 3.35. The molecule has 0 radical (unpaired) electrons. The fourth-order valence-corrected chi connectivity index (χ4v) is 1.00. The second-order valence-corrected chi connectivity index (χ2v) is 3.15. The van der Waals surface area contributed by atoms with Crippen LogP contribution in [0.5, 0.6) is 0 Å². The molecule has 92 valence electrons. The lowest BCUT2D eigenvalue weighted by Gasteiger charge is -2.09. The highest BCUT2D eigenvalue weighted by atomic mass is 19.4. The zero-order valence-corrected chi connectivity index (χ0v) is 8.50. The zero-order chi connectivity index (χ0) is 13.2. The standard InChI is InChI=1S/C9H7F3N2O3/c1-4-2-5(7(15)16)3-13-6(4)14-8(17)9(10,11)12/h2-3H,1H3,(H,15,16)(H,13,14,17). The maximum Gasteiger partial charge on any atom is 0.471 e. The first-order valence-electron chi connectivity index (χ1n) is 4.30. The van der Waals surface area contributed by atoms with Gasteiger partial charge in [-0.15, -0.1) is 0 Å². The third-order valence-electron chi connectivity index (χ3n) is 1.81. The number of amides is 1. The number of nitrogens with zero attached hydrogens (tertiary/aromatic N) is 1. The van der Waals surface area contributed by atoms with Gasteiger partial charge in [-0.1, -0.05) is 0 Å². The summed E-state index contributed by atoms with van der Waals surface area (Å²) in [5, 5.41) is 10.2. The van der Waals surface area contributed by atoms with Crippen LogP contribution in [-0.4, -0.2) is 28.1 Å². The van der Waals surface area contributed by atoms with Gasteiger partial charge >= 0.3 is 18.1 Å². The van der Waals surface area contributed by atoms with Crippen LogP contribution >= 0.6 is 0 Å². The Morgan fingerprint density at radius 2 is 2.00 bits per heavy atom. The van der Waals surface area contributed by atoms with Gasteiger partial charge in [0.15, 0.2) is 0 Å². The Balaban J connectivity index is 2.95. The summed E-state index contributed by atoms with van der Waals surface area (Å²) in [5.41, 5.74) is -0.0463. The zero-order valence-electron chi connectivity index (χ0n) is 8.50. The van der Waals surface area contributed by atoms with Crippen molar-refractivity contribution < 1.29 is 27.9 Å². The summed E-state index contributed by atoms with van der Waals surface area (Å²) in [6, 6.07) is 1.11. The first-order chi connectivity index (χ1) is 7.71. The van der Waals surface area contributed by atoms with Crippen LogP contribution < -0.4 is 5.32 Å². The predicted molar refractivity (Wildman–Crippen MR) is 50.6 cm³/mol. The number of aromatic nitrogens is 1. The summed E-state index contributed by atoms with van der Waals surface area (Å²) in [6.07, 6.45) is -4.15. The first kappa shape index (κ1) is 12.9. The number of carbonyl (C=O) groups is 2. The molecule has 0 aliphatic rings. The molecular weight excluding hydrogens is 241 g/mol. The van der Waals surface area contributed by atoms with Crippen molar-refractivity contribution in [3.63, 3.8) is 0 Å². The molecule has 0 aliphatic carbocycles. The highest BCUT2D eigenvalue weighted by molar-refractivity contribution is 5.95. The van der Waals surface area contributed by atoms with E-state index in [4.69, 9.17) is 5.11 Å². The lowest BCUT2D eigenvalue weighted by atomic mass is 10.2. The second-order valence-electron chi connectivity index (χ2n) is 3.15. The molecule has 0 unspecified atom stereocenters. The van der Waals surface area contributed by atoms with E-state index in [0.717, 1.165) is 12.3 Å². The number of hydrogen-bond acceptors (Lipinski definition) is 3. The number of carboxylic acid groups (broad SMARTS) is 1. The molecule has 2 N–H and O–H groups in total. The molecule has 0 saturated carbocycles. The minimum atomic E-state index is -5.01. The molecule has 0 saturated heterocycles. The Labute approximate surface area is 93.3 Å². The molecule has 0 aromatic carbocycles. The molecule has 0 spiro atoms. The number of rotatable bonds is 2. The average Bonchev–Trinajstić information content (AvgIpc) is 2.19.